The van der Waals surface area contributed by atoms with Crippen molar-refractivity contribution in [3.63, 3.8) is 0 Å². The van der Waals surface area contributed by atoms with Crippen molar-refractivity contribution in [2.24, 2.45) is 0 Å². The molecule has 1 amide bonds. The summed E-state index contributed by atoms with van der Waals surface area (Å²) in [4.78, 5) is 30.6. The van der Waals surface area contributed by atoms with Gasteiger partial charge >= 0.3 is 0 Å². The van der Waals surface area contributed by atoms with E-state index in [9.17, 15) is 9.59 Å². The zero-order chi connectivity index (χ0) is 21.2. The fourth-order valence-electron chi connectivity index (χ4n) is 3.79. The number of benzene rings is 1. The van der Waals surface area contributed by atoms with Crippen molar-refractivity contribution in [1.29, 1.82) is 0 Å². The lowest BCUT2D eigenvalue weighted by atomic mass is 9.83. The van der Waals surface area contributed by atoms with Gasteiger partial charge in [-0.2, -0.15) is 0 Å². The van der Waals surface area contributed by atoms with Crippen LogP contribution in [0.4, 0.5) is 0 Å². The van der Waals surface area contributed by atoms with Gasteiger partial charge in [0.15, 0.2) is 0 Å². The summed E-state index contributed by atoms with van der Waals surface area (Å²) in [5, 5.41) is 3.17. The lowest BCUT2D eigenvalue weighted by Gasteiger charge is -2.30. The second-order valence-corrected chi connectivity index (χ2v) is 8.82. The van der Waals surface area contributed by atoms with Gasteiger partial charge < -0.3 is 19.9 Å². The molecule has 0 bridgehead atoms. The first-order valence-corrected chi connectivity index (χ1v) is 10.1. The Morgan fingerprint density at radius 1 is 1.24 bits per heavy atom. The molecule has 0 aliphatic carbocycles. The largest absolute Gasteiger partial charge is 0.496 e. The quantitative estimate of drug-likeness (QED) is 0.831. The van der Waals surface area contributed by atoms with Crippen LogP contribution in [0, 0.1) is 0 Å². The monoisotopic (exact) mass is 397 g/mol. The third-order valence-electron chi connectivity index (χ3n) is 5.53. The number of nitrogens with zero attached hydrogens (tertiary/aromatic N) is 1. The van der Waals surface area contributed by atoms with Gasteiger partial charge in [-0.15, -0.1) is 0 Å². The Balaban J connectivity index is 2.06. The molecule has 6 nitrogen and oxygen atoms in total. The number of rotatable bonds is 4. The SMILES string of the molecule is COc1c(C(=O)NC2CCN(C)CC2)cc(-c2ccc[nH]c2=O)cc1C(C)(C)C. The molecule has 1 fully saturated rings. The van der Waals surface area contributed by atoms with Gasteiger partial charge in [-0.1, -0.05) is 20.8 Å². The van der Waals surface area contributed by atoms with Gasteiger partial charge in [0.05, 0.1) is 12.7 Å². The minimum Gasteiger partial charge on any atom is -0.496 e. The van der Waals surface area contributed by atoms with Crippen LogP contribution in [-0.4, -0.2) is 49.1 Å². The molecule has 6 heteroatoms. The predicted octanol–water partition coefficient (Wildman–Crippen LogP) is 3.17. The number of ether oxygens (including phenoxy) is 1. The molecule has 2 N–H and O–H groups in total. The van der Waals surface area contributed by atoms with Crippen LogP contribution >= 0.6 is 0 Å². The number of hydrogen-bond acceptors (Lipinski definition) is 4. The molecule has 0 spiro atoms. The van der Waals surface area contributed by atoms with Crippen molar-refractivity contribution in [2.45, 2.75) is 45.1 Å². The Kier molecular flexibility index (Phi) is 6.13. The molecule has 1 aliphatic rings. The van der Waals surface area contributed by atoms with Crippen molar-refractivity contribution < 1.29 is 9.53 Å². The summed E-state index contributed by atoms with van der Waals surface area (Å²) in [5.74, 6) is 0.412. The molecule has 1 saturated heterocycles. The topological polar surface area (TPSA) is 74.4 Å². The summed E-state index contributed by atoms with van der Waals surface area (Å²) in [5.41, 5.74) is 2.18. The maximum Gasteiger partial charge on any atom is 0.255 e. The summed E-state index contributed by atoms with van der Waals surface area (Å²) >= 11 is 0. The van der Waals surface area contributed by atoms with Crippen molar-refractivity contribution in [3.8, 4) is 16.9 Å². The molecule has 156 valence electrons. The molecule has 3 rings (SSSR count). The highest BCUT2D eigenvalue weighted by Gasteiger charge is 2.27. The van der Waals surface area contributed by atoms with Crippen LogP contribution < -0.4 is 15.6 Å². The predicted molar refractivity (Wildman–Crippen MR) is 116 cm³/mol. The number of piperidine rings is 1. The Bertz CT molecular complexity index is 935. The number of aromatic amines is 1. The van der Waals surface area contributed by atoms with Gasteiger partial charge in [0.25, 0.3) is 11.5 Å². The van der Waals surface area contributed by atoms with Gasteiger partial charge in [0.2, 0.25) is 0 Å². The third kappa shape index (κ3) is 4.70. The Morgan fingerprint density at radius 3 is 2.52 bits per heavy atom. The van der Waals surface area contributed by atoms with Crippen LogP contribution in [0.5, 0.6) is 5.75 Å². The van der Waals surface area contributed by atoms with Gasteiger partial charge in [0.1, 0.15) is 5.75 Å². The van der Waals surface area contributed by atoms with E-state index in [1.54, 1.807) is 31.5 Å². The van der Waals surface area contributed by atoms with E-state index in [2.05, 4.69) is 43.0 Å². The highest BCUT2D eigenvalue weighted by molar-refractivity contribution is 5.99. The maximum absolute atomic E-state index is 13.2. The molecule has 1 aromatic carbocycles. The van der Waals surface area contributed by atoms with E-state index >= 15 is 0 Å². The molecular weight excluding hydrogens is 366 g/mol. The Hall–Kier alpha value is -2.60. The second-order valence-electron chi connectivity index (χ2n) is 8.82. The number of H-pyrrole nitrogens is 1. The second kappa shape index (κ2) is 8.41. The first-order valence-electron chi connectivity index (χ1n) is 10.1. The molecule has 0 atom stereocenters. The fourth-order valence-corrected chi connectivity index (χ4v) is 3.79. The minimum absolute atomic E-state index is 0.144. The number of methoxy groups -OCH3 is 1. The number of carbonyl (C=O) groups is 1. The van der Waals surface area contributed by atoms with Crippen molar-refractivity contribution in [1.82, 2.24) is 15.2 Å². The zero-order valence-corrected chi connectivity index (χ0v) is 18.0. The highest BCUT2D eigenvalue weighted by atomic mass is 16.5. The number of amides is 1. The molecular formula is C23H31N3O3. The number of pyridine rings is 1. The molecule has 29 heavy (non-hydrogen) atoms. The van der Waals surface area contributed by atoms with E-state index < -0.39 is 0 Å². The average molecular weight is 398 g/mol. The van der Waals surface area contributed by atoms with Crippen LogP contribution in [0.1, 0.15) is 49.5 Å². The van der Waals surface area contributed by atoms with Crippen LogP contribution in [0.25, 0.3) is 11.1 Å². The maximum atomic E-state index is 13.2. The molecule has 1 aliphatic heterocycles. The van der Waals surface area contributed by atoms with Gasteiger partial charge in [0, 0.05) is 23.4 Å². The average Bonchev–Trinajstić information content (AvgIpc) is 2.68. The summed E-state index contributed by atoms with van der Waals surface area (Å²) in [6.07, 6.45) is 3.46. The van der Waals surface area contributed by atoms with Crippen molar-refractivity contribution in [2.75, 3.05) is 27.2 Å². The van der Waals surface area contributed by atoms with Gasteiger partial charge in [-0.3, -0.25) is 9.59 Å². The normalized spacial score (nSPS) is 15.9. The minimum atomic E-state index is -0.258. The number of carbonyl (C=O) groups excluding carboxylic acids is 1. The Morgan fingerprint density at radius 2 is 1.93 bits per heavy atom. The molecule has 2 aromatic rings. The third-order valence-corrected chi connectivity index (χ3v) is 5.53. The van der Waals surface area contributed by atoms with Crippen molar-refractivity contribution >= 4 is 5.91 Å². The first kappa shape index (κ1) is 21.1. The molecule has 0 saturated carbocycles. The lowest BCUT2D eigenvalue weighted by molar-refractivity contribution is 0.0913. The summed E-state index contributed by atoms with van der Waals surface area (Å²) < 4.78 is 5.70. The van der Waals surface area contributed by atoms with Crippen LogP contribution in [-0.2, 0) is 5.41 Å². The lowest BCUT2D eigenvalue weighted by Crippen LogP contribution is -2.43. The van der Waals surface area contributed by atoms with Crippen LogP contribution in [0.15, 0.2) is 35.3 Å². The first-order chi connectivity index (χ1) is 13.7. The van der Waals surface area contributed by atoms with Gasteiger partial charge in [-0.25, -0.2) is 0 Å². The van der Waals surface area contributed by atoms with E-state index in [1.165, 1.54) is 0 Å². The van der Waals surface area contributed by atoms with Crippen molar-refractivity contribution in [3.05, 3.63) is 51.9 Å². The standard InChI is InChI=1S/C23H31N3O3/c1-23(2,3)19-14-15(17-7-6-10-24-21(17)27)13-18(20(19)29-5)22(28)25-16-8-11-26(4)12-9-16/h6-7,10,13-14,16H,8-9,11-12H2,1-5H3,(H,24,27)(H,25,28). The molecule has 1 aromatic heterocycles. The Labute approximate surface area is 172 Å². The molecule has 2 heterocycles. The number of aromatic nitrogens is 1. The van der Waals surface area contributed by atoms with E-state index in [4.69, 9.17) is 4.74 Å². The smallest absolute Gasteiger partial charge is 0.255 e. The van der Waals surface area contributed by atoms with E-state index in [-0.39, 0.29) is 22.9 Å². The number of likely N-dealkylation sites (tertiary alicyclic amines) is 1. The van der Waals surface area contributed by atoms with Gasteiger partial charge in [-0.05, 0) is 68.2 Å². The van der Waals surface area contributed by atoms with E-state index in [1.807, 2.05) is 6.07 Å². The fraction of sp³-hybridized carbons (Fsp3) is 0.478. The molecule has 0 radical (unpaired) electrons. The number of nitrogens with one attached hydrogen (secondary N) is 2. The summed E-state index contributed by atoms with van der Waals surface area (Å²) in [7, 11) is 3.68. The van der Waals surface area contributed by atoms with Crippen LogP contribution in [0.3, 0.4) is 0 Å². The summed E-state index contributed by atoms with van der Waals surface area (Å²) in [6.45, 7) is 8.15. The number of hydrogen-bond donors (Lipinski definition) is 2. The zero-order valence-electron chi connectivity index (χ0n) is 18.0. The highest BCUT2D eigenvalue weighted by Crippen LogP contribution is 2.37. The summed E-state index contributed by atoms with van der Waals surface area (Å²) in [6, 6.07) is 7.42. The van der Waals surface area contributed by atoms with E-state index in [0.717, 1.165) is 31.5 Å². The van der Waals surface area contributed by atoms with Crippen LogP contribution in [0.2, 0.25) is 0 Å². The van der Waals surface area contributed by atoms with E-state index in [0.29, 0.717) is 22.4 Å². The molecule has 0 unspecified atom stereocenters.